The molecule has 71 valence electrons. The first-order valence-electron chi connectivity index (χ1n) is 4.72. The van der Waals surface area contributed by atoms with Gasteiger partial charge >= 0.3 is 0 Å². The third-order valence-electron chi connectivity index (χ3n) is 2.06. The van der Waals surface area contributed by atoms with Crippen molar-refractivity contribution in [3.8, 4) is 0 Å². The average Bonchev–Trinajstić information content (AvgIpc) is 2.03. The number of hydrogen-bond acceptors (Lipinski definition) is 1. The summed E-state index contributed by atoms with van der Waals surface area (Å²) in [6.07, 6.45) is 0. The molecule has 0 aromatic heterocycles. The van der Waals surface area contributed by atoms with Crippen molar-refractivity contribution in [2.75, 3.05) is 0 Å². The molecular weight excluding hydrogens is 176 g/mol. The molecule has 1 radical (unpaired) electrons. The van der Waals surface area contributed by atoms with E-state index in [2.05, 4.69) is 26.8 Å². The largest absolute Gasteiger partial charge is 0.427 e. The van der Waals surface area contributed by atoms with Crippen LogP contribution < -0.4 is 5.19 Å². The van der Waals surface area contributed by atoms with Crippen LogP contribution in [-0.4, -0.2) is 13.8 Å². The van der Waals surface area contributed by atoms with Crippen molar-refractivity contribution in [1.82, 2.24) is 0 Å². The molecule has 2 heteroatoms. The van der Waals surface area contributed by atoms with Crippen LogP contribution in [0.3, 0.4) is 0 Å². The SMILES string of the molecule is Cc1ccccc1[Si](O)CC(C)C. The lowest BCUT2D eigenvalue weighted by Crippen LogP contribution is -2.33. The zero-order valence-electron chi connectivity index (χ0n) is 8.54. The molecule has 1 aromatic rings. The first kappa shape index (κ1) is 10.5. The molecule has 0 aliphatic heterocycles. The Labute approximate surface area is 82.2 Å². The summed E-state index contributed by atoms with van der Waals surface area (Å²) in [6.45, 7) is 6.37. The molecular formula is C11H17OSi. The maximum Gasteiger partial charge on any atom is 0.243 e. The Morgan fingerprint density at radius 3 is 2.46 bits per heavy atom. The van der Waals surface area contributed by atoms with E-state index in [1.807, 2.05) is 18.2 Å². The van der Waals surface area contributed by atoms with Gasteiger partial charge in [-0.2, -0.15) is 0 Å². The molecule has 13 heavy (non-hydrogen) atoms. The van der Waals surface area contributed by atoms with Crippen molar-refractivity contribution in [3.63, 3.8) is 0 Å². The van der Waals surface area contributed by atoms with E-state index in [-0.39, 0.29) is 0 Å². The summed E-state index contributed by atoms with van der Waals surface area (Å²) in [4.78, 5) is 9.97. The van der Waals surface area contributed by atoms with Gasteiger partial charge in [0, 0.05) is 0 Å². The van der Waals surface area contributed by atoms with E-state index in [0.717, 1.165) is 6.04 Å². The fourth-order valence-corrected chi connectivity index (χ4v) is 3.21. The molecule has 0 spiro atoms. The van der Waals surface area contributed by atoms with Crippen molar-refractivity contribution in [1.29, 1.82) is 0 Å². The van der Waals surface area contributed by atoms with E-state index < -0.39 is 9.04 Å². The zero-order chi connectivity index (χ0) is 9.84. The third kappa shape index (κ3) is 2.97. The van der Waals surface area contributed by atoms with Crippen molar-refractivity contribution in [2.24, 2.45) is 5.92 Å². The summed E-state index contributed by atoms with van der Waals surface area (Å²) < 4.78 is 0. The molecule has 0 fully saturated rings. The van der Waals surface area contributed by atoms with Gasteiger partial charge < -0.3 is 4.80 Å². The number of benzene rings is 1. The molecule has 1 nitrogen and oxygen atoms in total. The van der Waals surface area contributed by atoms with Gasteiger partial charge in [0.05, 0.1) is 0 Å². The lowest BCUT2D eigenvalue weighted by atomic mass is 10.2. The molecule has 0 unspecified atom stereocenters. The maximum atomic E-state index is 9.97. The maximum absolute atomic E-state index is 9.97. The van der Waals surface area contributed by atoms with Gasteiger partial charge in [0.1, 0.15) is 0 Å². The van der Waals surface area contributed by atoms with E-state index in [1.54, 1.807) is 0 Å². The van der Waals surface area contributed by atoms with Crippen LogP contribution in [0.1, 0.15) is 19.4 Å². The molecule has 0 atom stereocenters. The second-order valence-corrected chi connectivity index (χ2v) is 5.70. The van der Waals surface area contributed by atoms with E-state index in [9.17, 15) is 4.80 Å². The Morgan fingerprint density at radius 1 is 1.31 bits per heavy atom. The highest BCUT2D eigenvalue weighted by atomic mass is 28.3. The smallest absolute Gasteiger partial charge is 0.243 e. The van der Waals surface area contributed by atoms with Crippen LogP contribution >= 0.6 is 0 Å². The second kappa shape index (κ2) is 4.58. The summed E-state index contributed by atoms with van der Waals surface area (Å²) in [7, 11) is -1.30. The lowest BCUT2D eigenvalue weighted by Gasteiger charge is -2.12. The van der Waals surface area contributed by atoms with Crippen LogP contribution in [0, 0.1) is 12.8 Å². The summed E-state index contributed by atoms with van der Waals surface area (Å²) in [5.41, 5.74) is 1.22. The Hall–Kier alpha value is -0.603. The van der Waals surface area contributed by atoms with Crippen LogP contribution in [0.5, 0.6) is 0 Å². The van der Waals surface area contributed by atoms with Gasteiger partial charge in [-0.1, -0.05) is 38.1 Å². The first-order valence-corrected chi connectivity index (χ1v) is 6.37. The van der Waals surface area contributed by atoms with E-state index in [0.29, 0.717) is 5.92 Å². The fraction of sp³-hybridized carbons (Fsp3) is 0.455. The highest BCUT2D eigenvalue weighted by molar-refractivity contribution is 6.66. The highest BCUT2D eigenvalue weighted by Gasteiger charge is 2.14. The minimum absolute atomic E-state index is 0.582. The van der Waals surface area contributed by atoms with Crippen LogP contribution in [-0.2, 0) is 0 Å². The van der Waals surface area contributed by atoms with E-state index in [4.69, 9.17) is 0 Å². The Kier molecular flexibility index (Phi) is 3.69. The van der Waals surface area contributed by atoms with Crippen molar-refractivity contribution < 1.29 is 4.80 Å². The van der Waals surface area contributed by atoms with E-state index in [1.165, 1.54) is 10.8 Å². The molecule has 1 aromatic carbocycles. The fourth-order valence-electron chi connectivity index (χ4n) is 1.39. The third-order valence-corrected chi connectivity index (χ3v) is 4.44. The standard InChI is InChI=1S/C11H17OSi/c1-9(2)8-13(12)11-7-5-4-6-10(11)3/h4-7,9,12H,8H2,1-3H3. The monoisotopic (exact) mass is 193 g/mol. The molecule has 0 heterocycles. The number of aryl methyl sites for hydroxylation is 1. The second-order valence-electron chi connectivity index (χ2n) is 3.86. The summed E-state index contributed by atoms with van der Waals surface area (Å²) in [6, 6.07) is 9.07. The number of rotatable bonds is 3. The molecule has 0 amide bonds. The quantitative estimate of drug-likeness (QED) is 0.726. The number of hydrogen-bond donors (Lipinski definition) is 1. The molecule has 0 saturated carbocycles. The first-order chi connectivity index (χ1) is 6.11. The minimum atomic E-state index is -1.30. The highest BCUT2D eigenvalue weighted by Crippen LogP contribution is 2.05. The molecule has 1 rings (SSSR count). The summed E-state index contributed by atoms with van der Waals surface area (Å²) >= 11 is 0. The van der Waals surface area contributed by atoms with Gasteiger partial charge in [0.25, 0.3) is 0 Å². The minimum Gasteiger partial charge on any atom is -0.427 e. The van der Waals surface area contributed by atoms with Gasteiger partial charge in [-0.05, 0) is 29.6 Å². The molecule has 0 aliphatic rings. The van der Waals surface area contributed by atoms with Crippen molar-refractivity contribution in [2.45, 2.75) is 26.8 Å². The van der Waals surface area contributed by atoms with Crippen LogP contribution in [0.4, 0.5) is 0 Å². The predicted octanol–water partition coefficient (Wildman–Crippen LogP) is 1.84. The van der Waals surface area contributed by atoms with E-state index >= 15 is 0 Å². The summed E-state index contributed by atoms with van der Waals surface area (Å²) in [5.74, 6) is 0.582. The molecule has 0 saturated heterocycles. The molecule has 1 N–H and O–H groups in total. The Bertz CT molecular complexity index is 271. The van der Waals surface area contributed by atoms with Crippen LogP contribution in [0.25, 0.3) is 0 Å². The van der Waals surface area contributed by atoms with Crippen LogP contribution in [0.2, 0.25) is 6.04 Å². The average molecular weight is 193 g/mol. The summed E-state index contributed by atoms with van der Waals surface area (Å²) in [5, 5.41) is 1.17. The lowest BCUT2D eigenvalue weighted by molar-refractivity contribution is 0.561. The van der Waals surface area contributed by atoms with Crippen molar-refractivity contribution in [3.05, 3.63) is 29.8 Å². The predicted molar refractivity (Wildman–Crippen MR) is 58.4 cm³/mol. The van der Waals surface area contributed by atoms with Gasteiger partial charge in [0.2, 0.25) is 9.04 Å². The normalized spacial score (nSPS) is 11.2. The topological polar surface area (TPSA) is 20.2 Å². The molecule has 0 aliphatic carbocycles. The van der Waals surface area contributed by atoms with Gasteiger partial charge in [-0.15, -0.1) is 0 Å². The Balaban J connectivity index is 2.76. The van der Waals surface area contributed by atoms with Crippen molar-refractivity contribution >= 4 is 14.2 Å². The van der Waals surface area contributed by atoms with Gasteiger partial charge in [-0.25, -0.2) is 0 Å². The molecule has 0 bridgehead atoms. The van der Waals surface area contributed by atoms with Gasteiger partial charge in [0.15, 0.2) is 0 Å². The van der Waals surface area contributed by atoms with Gasteiger partial charge in [-0.3, -0.25) is 0 Å². The zero-order valence-corrected chi connectivity index (χ0v) is 9.54. The van der Waals surface area contributed by atoms with Crippen LogP contribution in [0.15, 0.2) is 24.3 Å². The Morgan fingerprint density at radius 2 is 1.92 bits per heavy atom.